The van der Waals surface area contributed by atoms with E-state index in [1.807, 2.05) is 6.92 Å². The lowest BCUT2D eigenvalue weighted by molar-refractivity contribution is -0.149. The fourth-order valence-corrected chi connectivity index (χ4v) is 5.92. The number of amides is 1. The van der Waals surface area contributed by atoms with Crippen molar-refractivity contribution in [1.82, 2.24) is 9.21 Å². The Labute approximate surface area is 156 Å². The lowest BCUT2D eigenvalue weighted by Gasteiger charge is -2.50. The maximum Gasteiger partial charge on any atom is 0.245 e. The van der Waals surface area contributed by atoms with Crippen molar-refractivity contribution >= 4 is 15.9 Å². The maximum absolute atomic E-state index is 13.5. The minimum atomic E-state index is -3.75. The van der Waals surface area contributed by atoms with Crippen LogP contribution in [0.5, 0.6) is 0 Å². The lowest BCUT2D eigenvalue weighted by atomic mass is 9.81. The Kier molecular flexibility index (Phi) is 5.34. The molecule has 0 bridgehead atoms. The van der Waals surface area contributed by atoms with Crippen molar-refractivity contribution in [2.45, 2.75) is 49.7 Å². The monoisotopic (exact) mass is 374 g/mol. The highest BCUT2D eigenvalue weighted by molar-refractivity contribution is 7.89. The highest BCUT2D eigenvalue weighted by atomic mass is 32.2. The number of benzene rings is 1. The van der Waals surface area contributed by atoms with Crippen molar-refractivity contribution in [1.29, 1.82) is 0 Å². The van der Waals surface area contributed by atoms with Gasteiger partial charge in [-0.05, 0) is 31.9 Å². The molecule has 140 valence electrons. The van der Waals surface area contributed by atoms with Gasteiger partial charge in [-0.1, -0.05) is 49.3 Å². The van der Waals surface area contributed by atoms with Crippen molar-refractivity contribution in [3.63, 3.8) is 0 Å². The summed E-state index contributed by atoms with van der Waals surface area (Å²) in [7, 11) is -3.75. The third-order valence-corrected chi connectivity index (χ3v) is 7.28. The fourth-order valence-electron chi connectivity index (χ4n) is 4.10. The molecule has 1 amide bonds. The third-order valence-electron chi connectivity index (χ3n) is 5.37. The molecule has 1 saturated heterocycles. The number of carbonyl (C=O) groups excluding carboxylic acids is 1. The Morgan fingerprint density at radius 1 is 1.15 bits per heavy atom. The summed E-state index contributed by atoms with van der Waals surface area (Å²) in [6.07, 6.45) is 5.80. The van der Waals surface area contributed by atoms with Crippen molar-refractivity contribution < 1.29 is 13.2 Å². The molecule has 0 radical (unpaired) electrons. The van der Waals surface area contributed by atoms with Gasteiger partial charge < -0.3 is 4.90 Å². The first kappa shape index (κ1) is 18.9. The van der Waals surface area contributed by atoms with Crippen LogP contribution in [0.4, 0.5) is 0 Å². The molecule has 26 heavy (non-hydrogen) atoms. The van der Waals surface area contributed by atoms with Gasteiger partial charge in [0, 0.05) is 12.6 Å². The summed E-state index contributed by atoms with van der Waals surface area (Å²) in [5.41, 5.74) is 1.00. The molecule has 1 aromatic rings. The van der Waals surface area contributed by atoms with Crippen LogP contribution in [-0.2, 0) is 14.8 Å². The molecule has 3 rings (SSSR count). The number of carbonyl (C=O) groups is 1. The number of hydrogen-bond donors (Lipinski definition) is 0. The Hall–Kier alpha value is -1.92. The summed E-state index contributed by atoms with van der Waals surface area (Å²) in [5.74, 6) is -0.282. The Morgan fingerprint density at radius 3 is 2.42 bits per heavy atom. The molecule has 0 aromatic heterocycles. The molecule has 0 unspecified atom stereocenters. The quantitative estimate of drug-likeness (QED) is 0.744. The van der Waals surface area contributed by atoms with E-state index in [2.05, 4.69) is 13.2 Å². The fraction of sp³-hybridized carbons (Fsp3) is 0.450. The van der Waals surface area contributed by atoms with Crippen molar-refractivity contribution in [2.75, 3.05) is 6.54 Å². The van der Waals surface area contributed by atoms with Gasteiger partial charge in [-0.25, -0.2) is 8.42 Å². The molecule has 6 heteroatoms. The minimum absolute atomic E-state index is 0.00913. The van der Waals surface area contributed by atoms with Crippen LogP contribution in [0.15, 0.2) is 54.5 Å². The van der Waals surface area contributed by atoms with E-state index in [4.69, 9.17) is 0 Å². The third kappa shape index (κ3) is 3.12. The van der Waals surface area contributed by atoms with Gasteiger partial charge in [0.05, 0.1) is 10.8 Å². The minimum Gasteiger partial charge on any atom is -0.318 e. The smallest absolute Gasteiger partial charge is 0.245 e. The molecule has 2 fully saturated rings. The molecule has 1 heterocycles. The van der Waals surface area contributed by atoms with E-state index in [0.29, 0.717) is 13.0 Å². The van der Waals surface area contributed by atoms with Gasteiger partial charge in [-0.3, -0.25) is 4.79 Å². The first-order chi connectivity index (χ1) is 12.4. The van der Waals surface area contributed by atoms with E-state index in [-0.39, 0.29) is 22.8 Å². The predicted octanol–water partition coefficient (Wildman–Crippen LogP) is 3.08. The van der Waals surface area contributed by atoms with Gasteiger partial charge in [0.15, 0.2) is 0 Å². The average Bonchev–Trinajstić information content (AvgIpc) is 2.64. The van der Waals surface area contributed by atoms with Crippen molar-refractivity contribution in [3.05, 3.63) is 55.1 Å². The highest BCUT2D eigenvalue weighted by Crippen LogP contribution is 2.39. The maximum atomic E-state index is 13.5. The number of sulfonamides is 1. The second-order valence-electron chi connectivity index (χ2n) is 7.03. The Balaban J connectivity index is 2.10. The zero-order valence-electron chi connectivity index (χ0n) is 15.2. The van der Waals surface area contributed by atoms with Crippen LogP contribution in [0.25, 0.3) is 0 Å². The molecule has 0 N–H and O–H groups in total. The predicted molar refractivity (Wildman–Crippen MR) is 102 cm³/mol. The number of rotatable bonds is 5. The van der Waals surface area contributed by atoms with E-state index < -0.39 is 16.2 Å². The normalized spacial score (nSPS) is 27.0. The summed E-state index contributed by atoms with van der Waals surface area (Å²) in [6, 6.07) is 6.55. The molecule has 1 aliphatic carbocycles. The average molecular weight is 375 g/mol. The van der Waals surface area contributed by atoms with E-state index in [0.717, 1.165) is 24.8 Å². The second-order valence-corrected chi connectivity index (χ2v) is 8.88. The van der Waals surface area contributed by atoms with Crippen LogP contribution in [0.1, 0.15) is 31.2 Å². The number of fused-ring (bicyclic) bond motifs is 1. The molecule has 1 saturated carbocycles. The van der Waals surface area contributed by atoms with Crippen molar-refractivity contribution in [3.8, 4) is 0 Å². The summed E-state index contributed by atoms with van der Waals surface area (Å²) in [4.78, 5) is 14.8. The van der Waals surface area contributed by atoms with Crippen LogP contribution >= 0.6 is 0 Å². The summed E-state index contributed by atoms with van der Waals surface area (Å²) in [6.45, 7) is 9.77. The Bertz CT molecular complexity index is 801. The van der Waals surface area contributed by atoms with E-state index in [1.165, 1.54) is 4.31 Å². The van der Waals surface area contributed by atoms with Gasteiger partial charge >= 0.3 is 0 Å². The summed E-state index contributed by atoms with van der Waals surface area (Å²) in [5, 5.41) is 0. The van der Waals surface area contributed by atoms with Gasteiger partial charge in [-0.15, -0.1) is 6.58 Å². The molecule has 2 aliphatic rings. The van der Waals surface area contributed by atoms with Crippen LogP contribution in [-0.4, -0.2) is 42.3 Å². The summed E-state index contributed by atoms with van der Waals surface area (Å²) < 4.78 is 28.5. The highest BCUT2D eigenvalue weighted by Gasteiger charge is 2.51. The van der Waals surface area contributed by atoms with E-state index in [1.54, 1.807) is 41.3 Å². The number of hydrogen-bond acceptors (Lipinski definition) is 3. The van der Waals surface area contributed by atoms with Gasteiger partial charge in [-0.2, -0.15) is 4.31 Å². The summed E-state index contributed by atoms with van der Waals surface area (Å²) >= 11 is 0. The molecular weight excluding hydrogens is 348 g/mol. The van der Waals surface area contributed by atoms with E-state index >= 15 is 0 Å². The SMILES string of the molecule is C=CCN1C(=O)[C@H]2CCCC[C@H]2N(S(=O)(=O)c2ccc(C)cc2)[C@H]1C=C. The van der Waals surface area contributed by atoms with Crippen LogP contribution < -0.4 is 0 Å². The standard InChI is InChI=1S/C20H26N2O3S/c1-4-14-21-19(5-2)22(18-9-7-6-8-17(18)20(21)23)26(24,25)16-12-10-15(3)11-13-16/h4-5,10-13,17-19H,1-2,6-9,14H2,3H3/t17-,18+,19-/m0/s1. The number of aryl methyl sites for hydroxylation is 1. The van der Waals surface area contributed by atoms with Gasteiger partial charge in [0.1, 0.15) is 6.17 Å². The topological polar surface area (TPSA) is 57.7 Å². The van der Waals surface area contributed by atoms with Crippen LogP contribution in [0.2, 0.25) is 0 Å². The molecule has 0 spiro atoms. The zero-order chi connectivity index (χ0) is 18.9. The molecule has 5 nitrogen and oxygen atoms in total. The number of nitrogens with zero attached hydrogens (tertiary/aromatic N) is 2. The lowest BCUT2D eigenvalue weighted by Crippen LogP contribution is -2.65. The second kappa shape index (κ2) is 7.37. The van der Waals surface area contributed by atoms with Crippen molar-refractivity contribution in [2.24, 2.45) is 5.92 Å². The largest absolute Gasteiger partial charge is 0.318 e. The van der Waals surface area contributed by atoms with Crippen LogP contribution in [0, 0.1) is 12.8 Å². The Morgan fingerprint density at radius 2 is 1.81 bits per heavy atom. The molecular formula is C20H26N2O3S. The first-order valence-corrected chi connectivity index (χ1v) is 10.5. The van der Waals surface area contributed by atoms with E-state index in [9.17, 15) is 13.2 Å². The first-order valence-electron chi connectivity index (χ1n) is 9.06. The molecule has 1 aliphatic heterocycles. The van der Waals surface area contributed by atoms with Gasteiger partial charge in [0.25, 0.3) is 0 Å². The van der Waals surface area contributed by atoms with Gasteiger partial charge in [0.2, 0.25) is 15.9 Å². The molecule has 3 atom stereocenters. The van der Waals surface area contributed by atoms with Crippen LogP contribution in [0.3, 0.4) is 0 Å². The zero-order valence-corrected chi connectivity index (χ0v) is 16.0. The molecule has 1 aromatic carbocycles.